The van der Waals surface area contributed by atoms with Gasteiger partial charge in [0.1, 0.15) is 6.10 Å². The molecular weight excluding hydrogens is 277 g/mol. The molecule has 1 saturated heterocycles. The summed E-state index contributed by atoms with van der Waals surface area (Å²) in [6, 6.07) is 0.796. The van der Waals surface area contributed by atoms with E-state index in [1.807, 2.05) is 4.90 Å². The number of rotatable bonds is 4. The molecule has 108 valence electrons. The molecule has 1 atom stereocenters. The molecule has 18 heavy (non-hydrogen) atoms. The SMILES string of the molecule is COC(CN)C(=O)N1CCN(C2CC2)CC1.Cl.Cl. The van der Waals surface area contributed by atoms with Crippen LogP contribution < -0.4 is 5.73 Å². The van der Waals surface area contributed by atoms with E-state index in [9.17, 15) is 4.79 Å². The van der Waals surface area contributed by atoms with E-state index in [1.54, 1.807) is 0 Å². The fourth-order valence-electron chi connectivity index (χ4n) is 2.25. The topological polar surface area (TPSA) is 58.8 Å². The van der Waals surface area contributed by atoms with E-state index < -0.39 is 6.10 Å². The highest BCUT2D eigenvalue weighted by molar-refractivity contribution is 5.85. The Morgan fingerprint density at radius 1 is 1.28 bits per heavy atom. The summed E-state index contributed by atoms with van der Waals surface area (Å²) in [7, 11) is 1.54. The fraction of sp³-hybridized carbons (Fsp3) is 0.909. The number of hydrogen-bond donors (Lipinski definition) is 1. The molecule has 7 heteroatoms. The lowest BCUT2D eigenvalue weighted by atomic mass is 10.2. The highest BCUT2D eigenvalue weighted by Crippen LogP contribution is 2.27. The first-order valence-electron chi connectivity index (χ1n) is 6.02. The van der Waals surface area contributed by atoms with Gasteiger partial charge in [0.05, 0.1) is 0 Å². The molecule has 0 aromatic heterocycles. The second kappa shape index (κ2) is 8.17. The minimum Gasteiger partial charge on any atom is -0.370 e. The van der Waals surface area contributed by atoms with Gasteiger partial charge in [-0.25, -0.2) is 0 Å². The molecule has 1 heterocycles. The van der Waals surface area contributed by atoms with Crippen LogP contribution in [0.1, 0.15) is 12.8 Å². The van der Waals surface area contributed by atoms with Gasteiger partial charge in [0.25, 0.3) is 5.91 Å². The van der Waals surface area contributed by atoms with E-state index in [0.29, 0.717) is 0 Å². The van der Waals surface area contributed by atoms with Crippen LogP contribution in [0.15, 0.2) is 0 Å². The van der Waals surface area contributed by atoms with Gasteiger partial charge < -0.3 is 15.4 Å². The number of amides is 1. The Morgan fingerprint density at radius 3 is 2.22 bits per heavy atom. The van der Waals surface area contributed by atoms with Gasteiger partial charge in [-0.05, 0) is 12.8 Å². The summed E-state index contributed by atoms with van der Waals surface area (Å²) in [5, 5.41) is 0. The summed E-state index contributed by atoms with van der Waals surface area (Å²) in [4.78, 5) is 16.3. The van der Waals surface area contributed by atoms with Gasteiger partial charge in [-0.2, -0.15) is 0 Å². The van der Waals surface area contributed by atoms with Crippen molar-refractivity contribution >= 4 is 30.7 Å². The van der Waals surface area contributed by atoms with Crippen LogP contribution >= 0.6 is 24.8 Å². The van der Waals surface area contributed by atoms with E-state index >= 15 is 0 Å². The van der Waals surface area contributed by atoms with Crippen LogP contribution in [-0.4, -0.2) is 67.7 Å². The zero-order valence-corrected chi connectivity index (χ0v) is 12.3. The molecule has 2 N–H and O–H groups in total. The smallest absolute Gasteiger partial charge is 0.253 e. The largest absolute Gasteiger partial charge is 0.370 e. The molecule has 1 unspecified atom stereocenters. The third-order valence-corrected chi connectivity index (χ3v) is 3.46. The molecular formula is C11H23Cl2N3O2. The average molecular weight is 300 g/mol. The van der Waals surface area contributed by atoms with Crippen molar-refractivity contribution in [3.8, 4) is 0 Å². The van der Waals surface area contributed by atoms with Crippen LogP contribution in [0.5, 0.6) is 0 Å². The van der Waals surface area contributed by atoms with E-state index in [1.165, 1.54) is 20.0 Å². The lowest BCUT2D eigenvalue weighted by molar-refractivity contribution is -0.143. The molecule has 0 aromatic rings. The maximum absolute atomic E-state index is 12.0. The molecule has 2 aliphatic rings. The Bertz CT molecular complexity index is 253. The number of nitrogens with zero attached hydrogens (tertiary/aromatic N) is 2. The summed E-state index contributed by atoms with van der Waals surface area (Å²) in [5.74, 6) is 0.0421. The van der Waals surface area contributed by atoms with Crippen molar-refractivity contribution in [2.45, 2.75) is 25.0 Å². The van der Waals surface area contributed by atoms with Crippen molar-refractivity contribution in [1.29, 1.82) is 0 Å². The van der Waals surface area contributed by atoms with Gasteiger partial charge in [0.2, 0.25) is 0 Å². The zero-order chi connectivity index (χ0) is 11.5. The molecule has 0 aromatic carbocycles. The monoisotopic (exact) mass is 299 g/mol. The molecule has 1 amide bonds. The highest BCUT2D eigenvalue weighted by atomic mass is 35.5. The Labute approximate surface area is 121 Å². The van der Waals surface area contributed by atoms with Crippen molar-refractivity contribution < 1.29 is 9.53 Å². The third-order valence-electron chi connectivity index (χ3n) is 3.46. The highest BCUT2D eigenvalue weighted by Gasteiger charge is 2.33. The lowest BCUT2D eigenvalue weighted by Gasteiger charge is -2.36. The molecule has 0 bridgehead atoms. The van der Waals surface area contributed by atoms with E-state index in [4.69, 9.17) is 10.5 Å². The summed E-state index contributed by atoms with van der Waals surface area (Å²) in [6.45, 7) is 3.89. The summed E-state index contributed by atoms with van der Waals surface area (Å²) < 4.78 is 5.07. The molecule has 1 aliphatic heterocycles. The predicted octanol–water partition coefficient (Wildman–Crippen LogP) is 0.110. The van der Waals surface area contributed by atoms with Gasteiger partial charge in [-0.15, -0.1) is 24.8 Å². The number of halogens is 2. The number of carbonyl (C=O) groups is 1. The Hall–Kier alpha value is -0.0700. The van der Waals surface area contributed by atoms with Crippen molar-refractivity contribution in [3.05, 3.63) is 0 Å². The van der Waals surface area contributed by atoms with Crippen LogP contribution in [0.3, 0.4) is 0 Å². The van der Waals surface area contributed by atoms with Crippen LogP contribution in [0.2, 0.25) is 0 Å². The van der Waals surface area contributed by atoms with Crippen LogP contribution in [-0.2, 0) is 9.53 Å². The first-order chi connectivity index (χ1) is 7.76. The number of carbonyl (C=O) groups excluding carboxylic acids is 1. The fourth-order valence-corrected chi connectivity index (χ4v) is 2.25. The Balaban J connectivity index is 0.00000144. The number of piperazine rings is 1. The summed E-state index contributed by atoms with van der Waals surface area (Å²) >= 11 is 0. The molecule has 2 fully saturated rings. The van der Waals surface area contributed by atoms with Crippen molar-refractivity contribution in [2.24, 2.45) is 5.73 Å². The number of ether oxygens (including phenoxy) is 1. The van der Waals surface area contributed by atoms with Crippen LogP contribution in [0.4, 0.5) is 0 Å². The number of nitrogens with two attached hydrogens (primary N) is 1. The predicted molar refractivity (Wildman–Crippen MR) is 75.5 cm³/mol. The lowest BCUT2D eigenvalue weighted by Crippen LogP contribution is -2.53. The Kier molecular flexibility index (Phi) is 8.14. The van der Waals surface area contributed by atoms with Gasteiger partial charge in [-0.1, -0.05) is 0 Å². The molecule has 1 saturated carbocycles. The van der Waals surface area contributed by atoms with E-state index in [0.717, 1.165) is 32.2 Å². The summed E-state index contributed by atoms with van der Waals surface area (Å²) in [6.07, 6.45) is 2.20. The first kappa shape index (κ1) is 17.9. The van der Waals surface area contributed by atoms with Crippen LogP contribution in [0, 0.1) is 0 Å². The second-order valence-corrected chi connectivity index (χ2v) is 4.55. The average Bonchev–Trinajstić information content (AvgIpc) is 3.15. The van der Waals surface area contributed by atoms with Crippen LogP contribution in [0.25, 0.3) is 0 Å². The maximum atomic E-state index is 12.0. The molecule has 0 radical (unpaired) electrons. The minimum absolute atomic E-state index is 0. The standard InChI is InChI=1S/C11H21N3O2.2ClH/c1-16-10(8-12)11(15)14-6-4-13(5-7-14)9-2-3-9;;/h9-10H,2-8,12H2,1H3;2*1H. The van der Waals surface area contributed by atoms with Gasteiger partial charge in [-0.3, -0.25) is 9.69 Å². The van der Waals surface area contributed by atoms with E-state index in [-0.39, 0.29) is 37.3 Å². The quantitative estimate of drug-likeness (QED) is 0.801. The summed E-state index contributed by atoms with van der Waals surface area (Å²) in [5.41, 5.74) is 5.49. The number of hydrogen-bond acceptors (Lipinski definition) is 4. The zero-order valence-electron chi connectivity index (χ0n) is 10.7. The molecule has 2 rings (SSSR count). The van der Waals surface area contributed by atoms with Crippen molar-refractivity contribution in [2.75, 3.05) is 39.8 Å². The molecule has 0 spiro atoms. The van der Waals surface area contributed by atoms with E-state index in [2.05, 4.69) is 4.90 Å². The first-order valence-corrected chi connectivity index (χ1v) is 6.02. The number of methoxy groups -OCH3 is 1. The Morgan fingerprint density at radius 2 is 1.83 bits per heavy atom. The van der Waals surface area contributed by atoms with Gasteiger partial charge in [0, 0.05) is 45.9 Å². The molecule has 5 nitrogen and oxygen atoms in total. The third kappa shape index (κ3) is 4.24. The minimum atomic E-state index is -0.465. The van der Waals surface area contributed by atoms with Crippen molar-refractivity contribution in [1.82, 2.24) is 9.80 Å². The maximum Gasteiger partial charge on any atom is 0.253 e. The van der Waals surface area contributed by atoms with Crippen molar-refractivity contribution in [3.63, 3.8) is 0 Å². The second-order valence-electron chi connectivity index (χ2n) is 4.55. The normalized spacial score (nSPS) is 21.8. The van der Waals surface area contributed by atoms with Gasteiger partial charge >= 0.3 is 0 Å². The van der Waals surface area contributed by atoms with Gasteiger partial charge in [0.15, 0.2) is 0 Å². The molecule has 1 aliphatic carbocycles.